The summed E-state index contributed by atoms with van der Waals surface area (Å²) < 4.78 is 7.92. The molecule has 3 aromatic rings. The number of Topliss-reactive ketones (excluding diaryl/α,β-unsaturated/α-hetero) is 1. The molecule has 2 N–H and O–H groups in total. The highest BCUT2D eigenvalue weighted by Gasteiger charge is 2.68. The molecule has 1 saturated heterocycles. The van der Waals surface area contributed by atoms with E-state index in [4.69, 9.17) is 4.74 Å². The number of nitrogens with zero attached hydrogens (tertiary/aromatic N) is 6. The molecule has 3 aliphatic carbocycles. The summed E-state index contributed by atoms with van der Waals surface area (Å²) in [5, 5.41) is 34.7. The van der Waals surface area contributed by atoms with E-state index < -0.39 is 29.0 Å². The SMILES string of the molecule is C=C[C@]1(C)C[C@@H](OC(=O)CSc2ccccc2NC(=O)Cn2cc(CN3CCN(c4ccccc4[N+](=O)[O-])CC3)nn2)[C@]2(C)[C@H](C)CC[C@]3(CCC(=O)[C@H]32)[C@@H](C)[C@@H]1O. The molecule has 2 aromatic carbocycles. The molecule has 310 valence electrons. The van der Waals surface area contributed by atoms with E-state index in [1.165, 1.54) is 22.5 Å². The molecule has 0 unspecified atom stereocenters. The number of aromatic nitrogens is 3. The van der Waals surface area contributed by atoms with Gasteiger partial charge in [0.1, 0.15) is 24.1 Å². The topological polar surface area (TPSA) is 173 Å². The van der Waals surface area contributed by atoms with Gasteiger partial charge in [-0.05, 0) is 61.1 Å². The van der Waals surface area contributed by atoms with Crippen LogP contribution in [0.15, 0.2) is 72.3 Å². The molecule has 14 nitrogen and oxygen atoms in total. The van der Waals surface area contributed by atoms with E-state index in [1.54, 1.807) is 30.5 Å². The van der Waals surface area contributed by atoms with Crippen molar-refractivity contribution in [3.63, 3.8) is 0 Å². The van der Waals surface area contributed by atoms with Crippen molar-refractivity contribution in [1.29, 1.82) is 0 Å². The van der Waals surface area contributed by atoms with Gasteiger partial charge in [0, 0.05) is 66.9 Å². The van der Waals surface area contributed by atoms with Crippen molar-refractivity contribution in [1.82, 2.24) is 19.9 Å². The Labute approximate surface area is 343 Å². The average Bonchev–Trinajstić information content (AvgIpc) is 3.81. The summed E-state index contributed by atoms with van der Waals surface area (Å²) in [6.07, 6.45) is 5.57. The van der Waals surface area contributed by atoms with Crippen molar-refractivity contribution >= 4 is 46.5 Å². The fourth-order valence-corrected chi connectivity index (χ4v) is 11.4. The number of anilines is 2. The van der Waals surface area contributed by atoms with Crippen LogP contribution in [0.4, 0.5) is 17.1 Å². The lowest BCUT2D eigenvalue weighted by molar-refractivity contribution is -0.384. The van der Waals surface area contributed by atoms with Gasteiger partial charge >= 0.3 is 5.97 Å². The van der Waals surface area contributed by atoms with Crippen molar-refractivity contribution in [2.24, 2.45) is 34.0 Å². The summed E-state index contributed by atoms with van der Waals surface area (Å²) in [5.74, 6) is -0.785. The number of thioether (sulfide) groups is 1. The normalized spacial score (nSPS) is 31.2. The molecule has 4 aliphatic rings. The minimum Gasteiger partial charge on any atom is -0.461 e. The second-order valence-corrected chi connectivity index (χ2v) is 18.3. The average molecular weight is 814 g/mol. The van der Waals surface area contributed by atoms with Crippen molar-refractivity contribution < 1.29 is 29.2 Å². The first-order chi connectivity index (χ1) is 27.7. The van der Waals surface area contributed by atoms with Crippen molar-refractivity contribution in [3.8, 4) is 0 Å². The first kappa shape index (κ1) is 41.6. The van der Waals surface area contributed by atoms with Crippen LogP contribution in [-0.2, 0) is 32.2 Å². The number of carbonyl (C=O) groups excluding carboxylic acids is 3. The number of hydrogen-bond acceptors (Lipinski definition) is 12. The summed E-state index contributed by atoms with van der Waals surface area (Å²) in [4.78, 5) is 56.9. The Morgan fingerprint density at radius 1 is 1.10 bits per heavy atom. The maximum Gasteiger partial charge on any atom is 0.316 e. The van der Waals surface area contributed by atoms with E-state index in [2.05, 4.69) is 47.9 Å². The molecule has 3 saturated carbocycles. The smallest absolute Gasteiger partial charge is 0.316 e. The molecule has 2 bridgehead atoms. The van der Waals surface area contributed by atoms with Crippen LogP contribution >= 0.6 is 11.8 Å². The fraction of sp³-hybridized carbons (Fsp3) is 0.558. The highest BCUT2D eigenvalue weighted by atomic mass is 32.2. The first-order valence-electron chi connectivity index (χ1n) is 20.3. The summed E-state index contributed by atoms with van der Waals surface area (Å²) in [7, 11) is 0. The van der Waals surface area contributed by atoms with Crippen LogP contribution in [0.2, 0.25) is 0 Å². The number of ether oxygens (including phenoxy) is 1. The van der Waals surface area contributed by atoms with E-state index in [9.17, 15) is 29.6 Å². The van der Waals surface area contributed by atoms with Gasteiger partial charge in [-0.25, -0.2) is 4.68 Å². The van der Waals surface area contributed by atoms with Crippen molar-refractivity contribution in [2.45, 2.75) is 90.0 Å². The molecule has 1 amide bonds. The zero-order valence-electron chi connectivity index (χ0n) is 33.8. The molecule has 1 aromatic heterocycles. The number of hydrogen-bond donors (Lipinski definition) is 2. The van der Waals surface area contributed by atoms with Gasteiger partial charge in [0.25, 0.3) is 5.69 Å². The predicted octanol–water partition coefficient (Wildman–Crippen LogP) is 6.15. The zero-order chi connectivity index (χ0) is 41.4. The molecule has 15 heteroatoms. The summed E-state index contributed by atoms with van der Waals surface area (Å²) in [5.41, 5.74) is 0.323. The molecule has 8 atom stereocenters. The monoisotopic (exact) mass is 813 g/mol. The number of rotatable bonds is 12. The highest BCUT2D eigenvalue weighted by molar-refractivity contribution is 8.00. The molecule has 2 heterocycles. The van der Waals surface area contributed by atoms with Crippen LogP contribution in [-0.4, -0.2) is 91.7 Å². The van der Waals surface area contributed by atoms with Crippen LogP contribution in [0.3, 0.4) is 0 Å². The number of carbonyl (C=O) groups is 3. The van der Waals surface area contributed by atoms with E-state index in [0.717, 1.165) is 19.3 Å². The number of aliphatic hydroxyl groups excluding tert-OH is 1. The van der Waals surface area contributed by atoms with Crippen LogP contribution in [0.25, 0.3) is 0 Å². The Hall–Kier alpha value is -4.60. The minimum atomic E-state index is -0.734. The molecule has 7 rings (SSSR count). The number of nitro groups is 1. The second kappa shape index (κ2) is 16.6. The molecular formula is C43H55N7O7S. The highest BCUT2D eigenvalue weighted by Crippen LogP contribution is 2.68. The summed E-state index contributed by atoms with van der Waals surface area (Å²) in [6.45, 7) is 15.6. The Morgan fingerprint density at radius 2 is 1.83 bits per heavy atom. The number of nitro benzene ring substituents is 1. The standard InChI is InChI=1S/C43H55N7O7S/c1-6-41(4)23-36(42(5)28(2)15-17-43(29(3)40(41)54)18-16-34(51)39(42)43)57-38(53)27-58-35-14-10-7-11-31(35)44-37(52)26-49-25-30(45-46-49)24-47-19-21-48(22-20-47)32-12-8-9-13-33(32)50(55)56/h6-14,25,28-29,36,39-40,54H,1,15-24,26-27H2,2-5H3,(H,44,52)/t28-,29+,36-,39+,40+,41-,42+,43+/m1/s1. The lowest BCUT2D eigenvalue weighted by Gasteiger charge is -2.61. The third-order valence-corrected chi connectivity index (χ3v) is 15.2. The third-order valence-electron chi connectivity index (χ3n) is 14.2. The molecular weight excluding hydrogens is 759 g/mol. The summed E-state index contributed by atoms with van der Waals surface area (Å²) in [6, 6.07) is 14.1. The van der Waals surface area contributed by atoms with E-state index in [1.807, 2.05) is 36.1 Å². The zero-order valence-corrected chi connectivity index (χ0v) is 34.7. The number of aliphatic hydroxyl groups is 1. The van der Waals surface area contributed by atoms with Crippen LogP contribution < -0.4 is 10.2 Å². The first-order valence-corrected chi connectivity index (χ1v) is 21.3. The maximum atomic E-state index is 13.8. The fourth-order valence-electron chi connectivity index (χ4n) is 10.6. The molecule has 58 heavy (non-hydrogen) atoms. The van der Waals surface area contributed by atoms with Gasteiger partial charge in [-0.3, -0.25) is 29.4 Å². The van der Waals surface area contributed by atoms with Gasteiger partial charge in [-0.15, -0.1) is 23.4 Å². The van der Waals surface area contributed by atoms with Crippen LogP contribution in [0, 0.1) is 44.1 Å². The van der Waals surface area contributed by atoms with Crippen molar-refractivity contribution in [3.05, 3.63) is 83.2 Å². The molecule has 4 fully saturated rings. The van der Waals surface area contributed by atoms with Crippen LogP contribution in [0.1, 0.15) is 65.5 Å². The number of amides is 1. The second-order valence-electron chi connectivity index (χ2n) is 17.3. The number of benzene rings is 2. The lowest BCUT2D eigenvalue weighted by Crippen LogP contribution is -2.63. The molecule has 1 aliphatic heterocycles. The molecule has 0 spiro atoms. The third kappa shape index (κ3) is 7.80. The van der Waals surface area contributed by atoms with Gasteiger partial charge in [-0.2, -0.15) is 0 Å². The number of nitrogens with one attached hydrogen (secondary N) is 1. The van der Waals surface area contributed by atoms with Gasteiger partial charge in [0.15, 0.2) is 0 Å². The number of para-hydroxylation sites is 3. The maximum absolute atomic E-state index is 13.8. The lowest BCUT2D eigenvalue weighted by atomic mass is 9.44. The Kier molecular flexibility index (Phi) is 11.9. The number of esters is 1. The number of piperazine rings is 1. The van der Waals surface area contributed by atoms with Crippen molar-refractivity contribution in [2.75, 3.05) is 42.1 Å². The Morgan fingerprint density at radius 3 is 2.57 bits per heavy atom. The summed E-state index contributed by atoms with van der Waals surface area (Å²) >= 11 is 1.27. The Bertz CT molecular complexity index is 2050. The van der Waals surface area contributed by atoms with E-state index in [0.29, 0.717) is 67.5 Å². The van der Waals surface area contributed by atoms with E-state index >= 15 is 0 Å². The minimum absolute atomic E-state index is 0.00963. The van der Waals surface area contributed by atoms with Gasteiger partial charge in [0.05, 0.1) is 34.4 Å². The van der Waals surface area contributed by atoms with Gasteiger partial charge in [0.2, 0.25) is 5.91 Å². The van der Waals surface area contributed by atoms with Gasteiger partial charge in [-0.1, -0.05) is 63.2 Å². The quantitative estimate of drug-likeness (QED) is 0.0704. The van der Waals surface area contributed by atoms with Crippen LogP contribution in [0.5, 0.6) is 0 Å². The largest absolute Gasteiger partial charge is 0.461 e. The molecule has 0 radical (unpaired) electrons. The predicted molar refractivity (Wildman–Crippen MR) is 221 cm³/mol. The Balaban J connectivity index is 0.955. The number of ketones is 1. The van der Waals surface area contributed by atoms with E-state index in [-0.39, 0.29) is 57.8 Å². The van der Waals surface area contributed by atoms with Gasteiger partial charge < -0.3 is 20.1 Å².